The molecular formula is C14H19N5. The average molecular weight is 257 g/mol. The normalized spacial score (nSPS) is 18.4. The number of hydrogen-bond acceptors (Lipinski definition) is 4. The van der Waals surface area contributed by atoms with Crippen LogP contribution in [0.1, 0.15) is 23.0 Å². The number of aromatic amines is 1. The van der Waals surface area contributed by atoms with E-state index < -0.39 is 0 Å². The van der Waals surface area contributed by atoms with Crippen LogP contribution in [-0.4, -0.2) is 46.3 Å². The van der Waals surface area contributed by atoms with E-state index in [4.69, 9.17) is 0 Å². The fourth-order valence-corrected chi connectivity index (χ4v) is 2.66. The molecular weight excluding hydrogens is 238 g/mol. The Morgan fingerprint density at radius 2 is 2.11 bits per heavy atom. The highest BCUT2D eigenvalue weighted by Gasteiger charge is 2.26. The van der Waals surface area contributed by atoms with E-state index in [0.29, 0.717) is 0 Å². The number of H-pyrrole nitrogens is 1. The molecule has 1 aliphatic rings. The first kappa shape index (κ1) is 12.3. The van der Waals surface area contributed by atoms with Crippen molar-refractivity contribution in [1.29, 1.82) is 0 Å². The molecule has 2 N–H and O–H groups in total. The van der Waals surface area contributed by atoms with E-state index in [2.05, 4.69) is 38.4 Å². The van der Waals surface area contributed by atoms with Crippen LogP contribution in [0, 0.1) is 6.92 Å². The van der Waals surface area contributed by atoms with Crippen molar-refractivity contribution in [3.05, 3.63) is 47.5 Å². The van der Waals surface area contributed by atoms with E-state index in [1.807, 2.05) is 24.5 Å². The lowest BCUT2D eigenvalue weighted by atomic mass is 10.0. The van der Waals surface area contributed by atoms with Gasteiger partial charge in [0.15, 0.2) is 0 Å². The Labute approximate surface area is 113 Å². The van der Waals surface area contributed by atoms with Crippen LogP contribution in [0.5, 0.6) is 0 Å². The summed E-state index contributed by atoms with van der Waals surface area (Å²) >= 11 is 0. The van der Waals surface area contributed by atoms with Gasteiger partial charge in [0, 0.05) is 43.6 Å². The summed E-state index contributed by atoms with van der Waals surface area (Å²) in [6, 6.07) is 6.30. The number of piperazine rings is 1. The van der Waals surface area contributed by atoms with Crippen molar-refractivity contribution in [3.8, 4) is 0 Å². The molecule has 5 nitrogen and oxygen atoms in total. The second-order valence-electron chi connectivity index (χ2n) is 4.89. The topological polar surface area (TPSA) is 56.8 Å². The molecule has 3 heterocycles. The van der Waals surface area contributed by atoms with Crippen molar-refractivity contribution in [2.75, 3.05) is 26.2 Å². The maximum Gasteiger partial charge on any atom is 0.0810 e. The van der Waals surface area contributed by atoms with Gasteiger partial charge in [-0.2, -0.15) is 5.10 Å². The van der Waals surface area contributed by atoms with Gasteiger partial charge in [-0.3, -0.25) is 15.0 Å². The number of pyridine rings is 1. The zero-order chi connectivity index (χ0) is 13.1. The molecule has 1 fully saturated rings. The van der Waals surface area contributed by atoms with Gasteiger partial charge < -0.3 is 5.32 Å². The zero-order valence-electron chi connectivity index (χ0n) is 11.1. The molecule has 0 bridgehead atoms. The van der Waals surface area contributed by atoms with E-state index in [0.717, 1.165) is 37.6 Å². The number of aryl methyl sites for hydroxylation is 1. The third-order valence-electron chi connectivity index (χ3n) is 3.65. The Kier molecular flexibility index (Phi) is 3.57. The molecule has 0 amide bonds. The molecule has 0 aromatic carbocycles. The summed E-state index contributed by atoms with van der Waals surface area (Å²) in [4.78, 5) is 7.02. The minimum Gasteiger partial charge on any atom is -0.314 e. The standard InChI is InChI=1S/C14H19N5/c1-11-12(10-17-18-11)14(13-4-2-3-5-16-13)19-8-6-15-7-9-19/h2-5,10,14-15H,6-9H2,1H3,(H,17,18). The van der Waals surface area contributed by atoms with Gasteiger partial charge in [-0.1, -0.05) is 6.07 Å². The number of hydrogen-bond donors (Lipinski definition) is 2. The predicted octanol–water partition coefficient (Wildman–Crippen LogP) is 1.11. The molecule has 19 heavy (non-hydrogen) atoms. The van der Waals surface area contributed by atoms with Crippen LogP contribution in [0.2, 0.25) is 0 Å². The van der Waals surface area contributed by atoms with Crippen molar-refractivity contribution in [3.63, 3.8) is 0 Å². The summed E-state index contributed by atoms with van der Waals surface area (Å²) < 4.78 is 0. The van der Waals surface area contributed by atoms with Gasteiger partial charge in [0.2, 0.25) is 0 Å². The maximum absolute atomic E-state index is 4.55. The number of rotatable bonds is 3. The largest absolute Gasteiger partial charge is 0.314 e. The molecule has 1 saturated heterocycles. The molecule has 0 saturated carbocycles. The smallest absolute Gasteiger partial charge is 0.0810 e. The van der Waals surface area contributed by atoms with Crippen LogP contribution in [0.4, 0.5) is 0 Å². The second-order valence-corrected chi connectivity index (χ2v) is 4.89. The highest BCUT2D eigenvalue weighted by Crippen LogP contribution is 2.28. The first-order valence-corrected chi connectivity index (χ1v) is 6.72. The summed E-state index contributed by atoms with van der Waals surface area (Å²) in [6.45, 7) is 6.19. The Hall–Kier alpha value is -1.72. The minimum absolute atomic E-state index is 0.196. The van der Waals surface area contributed by atoms with E-state index in [9.17, 15) is 0 Å². The summed E-state index contributed by atoms with van der Waals surface area (Å²) in [5, 5.41) is 10.6. The summed E-state index contributed by atoms with van der Waals surface area (Å²) in [6.07, 6.45) is 3.79. The highest BCUT2D eigenvalue weighted by atomic mass is 15.2. The number of aromatic nitrogens is 3. The van der Waals surface area contributed by atoms with E-state index >= 15 is 0 Å². The summed E-state index contributed by atoms with van der Waals surface area (Å²) in [5.41, 5.74) is 3.43. The summed E-state index contributed by atoms with van der Waals surface area (Å²) in [5.74, 6) is 0. The molecule has 1 aliphatic heterocycles. The van der Waals surface area contributed by atoms with Crippen molar-refractivity contribution in [2.24, 2.45) is 0 Å². The molecule has 2 aromatic rings. The van der Waals surface area contributed by atoms with Crippen molar-refractivity contribution >= 4 is 0 Å². The molecule has 1 atom stereocenters. The molecule has 0 spiro atoms. The molecule has 5 heteroatoms. The van der Waals surface area contributed by atoms with Crippen molar-refractivity contribution in [2.45, 2.75) is 13.0 Å². The SMILES string of the molecule is Cc1[nH]ncc1C(c1ccccn1)N1CCNCC1. The Bertz CT molecular complexity index is 516. The fraction of sp³-hybridized carbons (Fsp3) is 0.429. The Morgan fingerprint density at radius 3 is 2.74 bits per heavy atom. The molecule has 1 unspecified atom stereocenters. The quantitative estimate of drug-likeness (QED) is 0.865. The van der Waals surface area contributed by atoms with E-state index in [1.165, 1.54) is 5.56 Å². The first-order valence-electron chi connectivity index (χ1n) is 6.72. The minimum atomic E-state index is 0.196. The van der Waals surface area contributed by atoms with Gasteiger partial charge in [-0.15, -0.1) is 0 Å². The van der Waals surface area contributed by atoms with Gasteiger partial charge in [0.05, 0.1) is 17.9 Å². The van der Waals surface area contributed by atoms with Crippen LogP contribution in [0.3, 0.4) is 0 Å². The predicted molar refractivity (Wildman–Crippen MR) is 73.8 cm³/mol. The van der Waals surface area contributed by atoms with Crippen LogP contribution in [0.25, 0.3) is 0 Å². The summed E-state index contributed by atoms with van der Waals surface area (Å²) in [7, 11) is 0. The van der Waals surface area contributed by atoms with Crippen LogP contribution in [0.15, 0.2) is 30.6 Å². The van der Waals surface area contributed by atoms with Crippen LogP contribution in [-0.2, 0) is 0 Å². The number of nitrogens with one attached hydrogen (secondary N) is 2. The van der Waals surface area contributed by atoms with Gasteiger partial charge in [0.1, 0.15) is 0 Å². The van der Waals surface area contributed by atoms with Crippen LogP contribution < -0.4 is 5.32 Å². The maximum atomic E-state index is 4.55. The molecule has 0 radical (unpaired) electrons. The molecule has 0 aliphatic carbocycles. The van der Waals surface area contributed by atoms with Gasteiger partial charge in [-0.25, -0.2) is 0 Å². The monoisotopic (exact) mass is 257 g/mol. The van der Waals surface area contributed by atoms with Crippen molar-refractivity contribution in [1.82, 2.24) is 25.4 Å². The van der Waals surface area contributed by atoms with Gasteiger partial charge in [-0.05, 0) is 19.1 Å². The highest BCUT2D eigenvalue weighted by molar-refractivity contribution is 5.28. The lowest BCUT2D eigenvalue weighted by Crippen LogP contribution is -2.45. The van der Waals surface area contributed by atoms with Gasteiger partial charge in [0.25, 0.3) is 0 Å². The number of nitrogens with zero attached hydrogens (tertiary/aromatic N) is 3. The molecule has 100 valence electrons. The second kappa shape index (κ2) is 5.50. The third-order valence-corrected chi connectivity index (χ3v) is 3.65. The average Bonchev–Trinajstić information content (AvgIpc) is 2.88. The van der Waals surface area contributed by atoms with Gasteiger partial charge >= 0.3 is 0 Å². The first-order chi connectivity index (χ1) is 9.36. The molecule has 3 rings (SSSR count). The van der Waals surface area contributed by atoms with E-state index in [1.54, 1.807) is 0 Å². The Morgan fingerprint density at radius 1 is 1.26 bits per heavy atom. The Balaban J connectivity index is 1.98. The third kappa shape index (κ3) is 2.52. The lowest BCUT2D eigenvalue weighted by Gasteiger charge is -2.34. The van der Waals surface area contributed by atoms with E-state index in [-0.39, 0.29) is 6.04 Å². The fourth-order valence-electron chi connectivity index (χ4n) is 2.66. The van der Waals surface area contributed by atoms with Crippen molar-refractivity contribution < 1.29 is 0 Å². The zero-order valence-corrected chi connectivity index (χ0v) is 11.1. The lowest BCUT2D eigenvalue weighted by molar-refractivity contribution is 0.195. The van der Waals surface area contributed by atoms with Crippen LogP contribution >= 0.6 is 0 Å². The molecule has 2 aromatic heterocycles.